The first-order valence-electron chi connectivity index (χ1n) is 18.0. The second kappa shape index (κ2) is 17.4. The van der Waals surface area contributed by atoms with Crippen LogP contribution in [0.2, 0.25) is 0 Å². The van der Waals surface area contributed by atoms with E-state index in [4.69, 9.17) is 14.1 Å². The molecule has 270 valence electrons. The summed E-state index contributed by atoms with van der Waals surface area (Å²) in [6.07, 6.45) is 7.62. The second-order valence-electron chi connectivity index (χ2n) is 13.3. The van der Waals surface area contributed by atoms with E-state index in [1.54, 1.807) is 12.1 Å². The zero-order valence-corrected chi connectivity index (χ0v) is 29.5. The molecule has 1 aliphatic carbocycles. The molecule has 0 aliphatic heterocycles. The molecule has 0 unspecified atom stereocenters. The number of aromatic nitrogens is 2. The summed E-state index contributed by atoms with van der Waals surface area (Å²) in [6, 6.07) is 34.6. The molecule has 0 saturated heterocycles. The van der Waals surface area contributed by atoms with Gasteiger partial charge < -0.3 is 9.26 Å². The number of aryl methyl sites for hydroxylation is 1. The summed E-state index contributed by atoms with van der Waals surface area (Å²) in [5.41, 5.74) is 4.74. The van der Waals surface area contributed by atoms with Gasteiger partial charge in [0, 0.05) is 30.5 Å². The van der Waals surface area contributed by atoms with Crippen molar-refractivity contribution in [2.75, 3.05) is 7.11 Å². The van der Waals surface area contributed by atoms with Gasteiger partial charge in [-0.1, -0.05) is 128 Å². The van der Waals surface area contributed by atoms with E-state index in [-0.39, 0.29) is 18.4 Å². The van der Waals surface area contributed by atoms with Gasteiger partial charge in [0.15, 0.2) is 5.60 Å². The zero-order chi connectivity index (χ0) is 36.2. The number of unbranched alkanes of at least 4 members (excludes halogenated alkanes) is 4. The maximum Gasteiger partial charge on any atom is 0.326 e. The number of halogens is 1. The van der Waals surface area contributed by atoms with E-state index in [0.717, 1.165) is 55.2 Å². The van der Waals surface area contributed by atoms with Crippen molar-refractivity contribution in [3.05, 3.63) is 143 Å². The number of esters is 1. The lowest BCUT2D eigenvalue weighted by molar-refractivity contribution is -0.152. The van der Waals surface area contributed by atoms with E-state index in [1.807, 2.05) is 91.0 Å². The normalized spacial score (nSPS) is 13.7. The highest BCUT2D eigenvalue weighted by Gasteiger charge is 2.45. The molecule has 52 heavy (non-hydrogen) atoms. The molecule has 6 rings (SSSR count). The Morgan fingerprint density at radius 2 is 1.42 bits per heavy atom. The number of hydroxylamine groups is 1. The molecular weight excluding hydrogens is 659 g/mol. The van der Waals surface area contributed by atoms with Crippen LogP contribution in [0.5, 0.6) is 0 Å². The van der Waals surface area contributed by atoms with Gasteiger partial charge in [-0.2, -0.15) is 4.98 Å². The maximum absolute atomic E-state index is 15.0. The minimum Gasteiger partial charge on any atom is -0.468 e. The van der Waals surface area contributed by atoms with Crippen LogP contribution in [0.1, 0.15) is 85.9 Å². The summed E-state index contributed by atoms with van der Waals surface area (Å²) in [5, 5.41) is 7.24. The summed E-state index contributed by atoms with van der Waals surface area (Å²) in [5.74, 6) is -0.0463. The Bertz CT molecular complexity index is 1800. The summed E-state index contributed by atoms with van der Waals surface area (Å²) in [7, 11) is 1.37. The van der Waals surface area contributed by atoms with Crippen molar-refractivity contribution in [1.29, 1.82) is 0 Å². The Morgan fingerprint density at radius 1 is 0.827 bits per heavy atom. The van der Waals surface area contributed by atoms with E-state index in [1.165, 1.54) is 13.2 Å². The van der Waals surface area contributed by atoms with Crippen molar-refractivity contribution in [3.63, 3.8) is 0 Å². The molecule has 0 radical (unpaired) electrons. The van der Waals surface area contributed by atoms with E-state index >= 15 is 0 Å². The number of ether oxygens (including phenoxy) is 1. The summed E-state index contributed by atoms with van der Waals surface area (Å²) < 4.78 is 25.3. The van der Waals surface area contributed by atoms with E-state index < -0.39 is 17.0 Å². The van der Waals surface area contributed by atoms with Gasteiger partial charge in [0.05, 0.1) is 7.11 Å². The Labute approximate surface area is 303 Å². The first-order valence-corrected chi connectivity index (χ1v) is 18.0. The molecule has 1 amide bonds. The van der Waals surface area contributed by atoms with Crippen LogP contribution in [-0.2, 0) is 37.7 Å². The third kappa shape index (κ3) is 8.46. The highest BCUT2D eigenvalue weighted by atomic mass is 19.1. The number of hydrogen-bond acceptors (Lipinski definition) is 8. The number of benzene rings is 4. The lowest BCUT2D eigenvalue weighted by Crippen LogP contribution is -2.57. The fraction of sp³-hybridized carbons (Fsp3) is 0.333. The largest absolute Gasteiger partial charge is 0.468 e. The van der Waals surface area contributed by atoms with Crippen LogP contribution in [0, 0.1) is 5.82 Å². The highest BCUT2D eigenvalue weighted by molar-refractivity contribution is 5.82. The number of methoxy groups -OCH3 is 1. The molecule has 1 fully saturated rings. The molecule has 9 nitrogen and oxygen atoms in total. The van der Waals surface area contributed by atoms with Crippen molar-refractivity contribution in [2.24, 2.45) is 0 Å². The molecule has 1 saturated carbocycles. The van der Waals surface area contributed by atoms with Gasteiger partial charge in [-0.05, 0) is 54.9 Å². The summed E-state index contributed by atoms with van der Waals surface area (Å²) in [4.78, 5) is 36.1. The first-order chi connectivity index (χ1) is 25.4. The zero-order valence-electron chi connectivity index (χ0n) is 29.5. The predicted octanol–water partition coefficient (Wildman–Crippen LogP) is 7.98. The minimum absolute atomic E-state index is 0.172. The summed E-state index contributed by atoms with van der Waals surface area (Å²) >= 11 is 0. The van der Waals surface area contributed by atoms with Crippen LogP contribution in [0.25, 0.3) is 11.4 Å². The number of hydrogen-bond donors (Lipinski definition) is 2. The Kier molecular flexibility index (Phi) is 12.2. The molecule has 1 aliphatic rings. The Hall–Kier alpha value is -5.19. The van der Waals surface area contributed by atoms with Crippen LogP contribution in [0.3, 0.4) is 0 Å². The fourth-order valence-corrected chi connectivity index (χ4v) is 6.72. The van der Waals surface area contributed by atoms with Crippen LogP contribution >= 0.6 is 0 Å². The SMILES string of the molecule is COC(=O)C1(NCc2ccc(-c3noc(CCCCCCCC(=O)NOC(c4ccccc4)(c4ccccc4)c4ccccc4)n3)cc2F)CCC1. The van der Waals surface area contributed by atoms with Crippen molar-refractivity contribution in [3.8, 4) is 11.4 Å². The quantitative estimate of drug-likeness (QED) is 0.0409. The van der Waals surface area contributed by atoms with Crippen molar-refractivity contribution >= 4 is 11.9 Å². The van der Waals surface area contributed by atoms with E-state index in [0.29, 0.717) is 48.5 Å². The highest BCUT2D eigenvalue weighted by Crippen LogP contribution is 2.40. The van der Waals surface area contributed by atoms with Gasteiger partial charge >= 0.3 is 5.97 Å². The topological polar surface area (TPSA) is 116 Å². The number of nitrogens with one attached hydrogen (secondary N) is 2. The van der Waals surface area contributed by atoms with Gasteiger partial charge in [0.25, 0.3) is 0 Å². The van der Waals surface area contributed by atoms with Crippen LogP contribution in [0.4, 0.5) is 4.39 Å². The van der Waals surface area contributed by atoms with Gasteiger partial charge in [-0.3, -0.25) is 19.7 Å². The lowest BCUT2D eigenvalue weighted by atomic mass is 9.76. The van der Waals surface area contributed by atoms with E-state index in [2.05, 4.69) is 20.9 Å². The average Bonchev–Trinajstić information content (AvgIpc) is 3.65. The monoisotopic (exact) mass is 704 g/mol. The molecule has 4 aromatic carbocycles. The molecular formula is C42H45FN4O5. The van der Waals surface area contributed by atoms with Gasteiger partial charge in [0.2, 0.25) is 17.6 Å². The first kappa shape index (κ1) is 36.6. The van der Waals surface area contributed by atoms with Crippen LogP contribution in [0.15, 0.2) is 114 Å². The number of amides is 1. The standard InChI is InChI=1S/C42H45FN4O5/c1-50-40(49)41(27-16-28-41)44-30-32-26-25-31(29-36(32)43)39-45-38(51-47-39)24-15-4-2-3-14-23-37(48)46-52-42(33-17-8-5-9-18-33,34-19-10-6-11-20-34)35-21-12-7-13-22-35/h5-13,17-22,25-26,29,44H,2-4,14-16,23-24,27-28,30H2,1H3,(H,46,48). The Morgan fingerprint density at radius 3 is 1.98 bits per heavy atom. The van der Waals surface area contributed by atoms with E-state index in [9.17, 15) is 14.0 Å². The van der Waals surface area contributed by atoms with Crippen LogP contribution in [-0.4, -0.2) is 34.7 Å². The number of carbonyl (C=O) groups is 2. The van der Waals surface area contributed by atoms with Crippen LogP contribution < -0.4 is 10.8 Å². The van der Waals surface area contributed by atoms with Gasteiger partial charge in [0.1, 0.15) is 11.4 Å². The van der Waals surface area contributed by atoms with Crippen molar-refractivity contribution in [2.45, 2.75) is 81.9 Å². The molecule has 10 heteroatoms. The number of nitrogens with zero attached hydrogens (tertiary/aromatic N) is 2. The third-order valence-electron chi connectivity index (χ3n) is 9.83. The minimum atomic E-state index is -1.02. The summed E-state index contributed by atoms with van der Waals surface area (Å²) in [6.45, 7) is 0.217. The molecule has 1 heterocycles. The number of rotatable bonds is 18. The van der Waals surface area contributed by atoms with Crippen molar-refractivity contribution < 1.29 is 28.1 Å². The smallest absolute Gasteiger partial charge is 0.326 e. The molecule has 5 aromatic rings. The van der Waals surface area contributed by atoms with Gasteiger partial charge in [-0.15, -0.1) is 0 Å². The lowest BCUT2D eigenvalue weighted by Gasteiger charge is -2.39. The molecule has 1 aromatic heterocycles. The Balaban J connectivity index is 0.939. The predicted molar refractivity (Wildman–Crippen MR) is 195 cm³/mol. The second-order valence-corrected chi connectivity index (χ2v) is 13.3. The van der Waals surface area contributed by atoms with Gasteiger partial charge in [-0.25, -0.2) is 9.87 Å². The van der Waals surface area contributed by atoms with Crippen molar-refractivity contribution in [1.82, 2.24) is 20.9 Å². The molecule has 0 spiro atoms. The fourth-order valence-electron chi connectivity index (χ4n) is 6.72. The number of carbonyl (C=O) groups excluding carboxylic acids is 2. The maximum atomic E-state index is 15.0. The molecule has 0 atom stereocenters. The third-order valence-corrected chi connectivity index (χ3v) is 9.83. The molecule has 0 bridgehead atoms. The molecule has 2 N–H and O–H groups in total. The average molecular weight is 705 g/mol.